The topological polar surface area (TPSA) is 36.4 Å². The van der Waals surface area contributed by atoms with Gasteiger partial charge in [0.1, 0.15) is 0 Å². The summed E-state index contributed by atoms with van der Waals surface area (Å²) < 4.78 is 0. The summed E-state index contributed by atoms with van der Waals surface area (Å²) in [5.74, 6) is 0.917. The lowest BCUT2D eigenvalue weighted by Crippen LogP contribution is -2.47. The van der Waals surface area contributed by atoms with Crippen LogP contribution in [-0.2, 0) is 0 Å². The first-order chi connectivity index (χ1) is 8.07. The summed E-state index contributed by atoms with van der Waals surface area (Å²) >= 11 is 0. The van der Waals surface area contributed by atoms with Crippen molar-refractivity contribution in [2.75, 3.05) is 13.1 Å². The Labute approximate surface area is 103 Å². The maximum Gasteiger partial charge on any atom is 0.191 e. The highest BCUT2D eigenvalue weighted by atomic mass is 15.2. The van der Waals surface area contributed by atoms with Crippen LogP contribution in [0.15, 0.2) is 35.3 Å². The summed E-state index contributed by atoms with van der Waals surface area (Å²) in [5, 5.41) is 6.76. The Morgan fingerprint density at radius 3 is 2.59 bits per heavy atom. The van der Waals surface area contributed by atoms with E-state index in [0.717, 1.165) is 19.0 Å². The van der Waals surface area contributed by atoms with E-state index in [1.165, 1.54) is 5.56 Å². The fraction of sp³-hybridized carbons (Fsp3) is 0.500. The third-order valence-corrected chi connectivity index (χ3v) is 3.05. The van der Waals surface area contributed by atoms with Crippen molar-refractivity contribution in [1.82, 2.24) is 10.6 Å². The molecular weight excluding hydrogens is 210 g/mol. The Hall–Kier alpha value is -1.51. The maximum atomic E-state index is 4.54. The molecule has 0 spiro atoms. The number of aliphatic imine (C=N–C) groups is 1. The van der Waals surface area contributed by atoms with E-state index in [1.807, 2.05) is 6.07 Å². The molecule has 1 unspecified atom stereocenters. The molecule has 0 bridgehead atoms. The summed E-state index contributed by atoms with van der Waals surface area (Å²) in [5.41, 5.74) is 1.54. The molecule has 1 heterocycles. The second kappa shape index (κ2) is 4.78. The number of benzene rings is 1. The summed E-state index contributed by atoms with van der Waals surface area (Å²) in [7, 11) is 0. The molecule has 3 nitrogen and oxygen atoms in total. The van der Waals surface area contributed by atoms with Gasteiger partial charge in [-0.25, -0.2) is 0 Å². The second-order valence-electron chi connectivity index (χ2n) is 5.46. The molecule has 1 aromatic rings. The first-order valence-electron chi connectivity index (χ1n) is 6.17. The van der Waals surface area contributed by atoms with E-state index in [1.54, 1.807) is 0 Å². The lowest BCUT2D eigenvalue weighted by molar-refractivity contribution is 0.357. The van der Waals surface area contributed by atoms with Gasteiger partial charge in [-0.1, -0.05) is 44.2 Å². The zero-order valence-corrected chi connectivity index (χ0v) is 10.8. The second-order valence-corrected chi connectivity index (χ2v) is 5.46. The highest BCUT2D eigenvalue weighted by Gasteiger charge is 2.22. The minimum Gasteiger partial charge on any atom is -0.356 e. The predicted octanol–water partition coefficient (Wildman–Crippen LogP) is 2.32. The van der Waals surface area contributed by atoms with Gasteiger partial charge >= 0.3 is 0 Å². The summed E-state index contributed by atoms with van der Waals surface area (Å²) in [6, 6.07) is 10.7. The van der Waals surface area contributed by atoms with Crippen LogP contribution in [0.5, 0.6) is 0 Å². The van der Waals surface area contributed by atoms with Gasteiger partial charge in [-0.05, 0) is 12.5 Å². The lowest BCUT2D eigenvalue weighted by atomic mass is 9.93. The van der Waals surface area contributed by atoms with Gasteiger partial charge in [0.25, 0.3) is 0 Å². The predicted molar refractivity (Wildman–Crippen MR) is 72.1 cm³/mol. The first-order valence-corrected chi connectivity index (χ1v) is 6.17. The molecule has 0 saturated carbocycles. The zero-order valence-electron chi connectivity index (χ0n) is 10.8. The number of nitrogens with one attached hydrogen (secondary N) is 2. The number of guanidine groups is 1. The van der Waals surface area contributed by atoms with Crippen LogP contribution < -0.4 is 10.6 Å². The van der Waals surface area contributed by atoms with Gasteiger partial charge in [0.2, 0.25) is 0 Å². The third-order valence-electron chi connectivity index (χ3n) is 3.05. The molecule has 0 saturated heterocycles. The van der Waals surface area contributed by atoms with Crippen LogP contribution in [0.1, 0.15) is 32.4 Å². The van der Waals surface area contributed by atoms with Gasteiger partial charge in [0.05, 0.1) is 6.04 Å². The van der Waals surface area contributed by atoms with Gasteiger partial charge in [0, 0.05) is 18.5 Å². The largest absolute Gasteiger partial charge is 0.356 e. The third kappa shape index (κ3) is 3.22. The summed E-state index contributed by atoms with van der Waals surface area (Å²) in [6.07, 6.45) is 0. The molecule has 0 aliphatic carbocycles. The van der Waals surface area contributed by atoms with Crippen molar-refractivity contribution in [2.24, 2.45) is 10.4 Å². The van der Waals surface area contributed by atoms with E-state index in [4.69, 9.17) is 0 Å². The Bertz CT molecular complexity index is 395. The van der Waals surface area contributed by atoms with Gasteiger partial charge in [-0.15, -0.1) is 0 Å². The zero-order chi connectivity index (χ0) is 12.3. The highest BCUT2D eigenvalue weighted by molar-refractivity contribution is 5.80. The molecule has 3 heteroatoms. The van der Waals surface area contributed by atoms with E-state index in [9.17, 15) is 0 Å². The standard InChI is InChI=1S/C14H21N3/c1-11(12-7-5-4-6-8-12)17-13-15-9-14(2,3)10-16-13/h4-8,11H,9-10H2,1-3H3,(H2,15,16,17). The smallest absolute Gasteiger partial charge is 0.191 e. The monoisotopic (exact) mass is 231 g/mol. The van der Waals surface area contributed by atoms with Crippen LogP contribution in [0, 0.1) is 5.41 Å². The van der Waals surface area contributed by atoms with E-state index in [2.05, 4.69) is 60.7 Å². The minimum atomic E-state index is 0.265. The first kappa shape index (κ1) is 12.0. The van der Waals surface area contributed by atoms with E-state index in [0.29, 0.717) is 0 Å². The van der Waals surface area contributed by atoms with Crippen molar-refractivity contribution in [3.8, 4) is 0 Å². The molecule has 0 radical (unpaired) electrons. The van der Waals surface area contributed by atoms with Gasteiger partial charge in [-0.2, -0.15) is 0 Å². The average Bonchev–Trinajstić information content (AvgIpc) is 2.33. The van der Waals surface area contributed by atoms with Crippen molar-refractivity contribution in [1.29, 1.82) is 0 Å². The summed E-state index contributed by atoms with van der Waals surface area (Å²) in [6.45, 7) is 8.45. The molecule has 92 valence electrons. The molecule has 17 heavy (non-hydrogen) atoms. The molecular formula is C14H21N3. The van der Waals surface area contributed by atoms with E-state index >= 15 is 0 Å². The van der Waals surface area contributed by atoms with E-state index < -0.39 is 0 Å². The van der Waals surface area contributed by atoms with Crippen molar-refractivity contribution in [3.63, 3.8) is 0 Å². The molecule has 1 atom stereocenters. The number of hydrogen-bond acceptors (Lipinski definition) is 3. The number of rotatable bonds is 2. The van der Waals surface area contributed by atoms with Crippen LogP contribution in [0.3, 0.4) is 0 Å². The number of nitrogens with zero attached hydrogens (tertiary/aromatic N) is 1. The minimum absolute atomic E-state index is 0.265. The fourth-order valence-electron chi connectivity index (χ4n) is 1.85. The molecule has 1 aliphatic rings. The van der Waals surface area contributed by atoms with Crippen LogP contribution in [-0.4, -0.2) is 19.0 Å². The molecule has 2 rings (SSSR count). The molecule has 2 N–H and O–H groups in total. The molecule has 1 aromatic carbocycles. The van der Waals surface area contributed by atoms with Gasteiger partial charge < -0.3 is 10.6 Å². The maximum absolute atomic E-state index is 4.54. The van der Waals surface area contributed by atoms with Crippen LogP contribution in [0.4, 0.5) is 0 Å². The highest BCUT2D eigenvalue weighted by Crippen LogP contribution is 2.17. The van der Waals surface area contributed by atoms with Crippen LogP contribution >= 0.6 is 0 Å². The average molecular weight is 231 g/mol. The SMILES string of the molecule is CC(NC1=NCC(C)(C)CN1)c1ccccc1. The molecule has 0 aromatic heterocycles. The van der Waals surface area contributed by atoms with Crippen molar-refractivity contribution < 1.29 is 0 Å². The van der Waals surface area contributed by atoms with Crippen LogP contribution in [0.25, 0.3) is 0 Å². The fourth-order valence-corrected chi connectivity index (χ4v) is 1.85. The molecule has 0 amide bonds. The Morgan fingerprint density at radius 1 is 1.29 bits per heavy atom. The molecule has 0 fully saturated rings. The Morgan fingerprint density at radius 2 is 2.00 bits per heavy atom. The van der Waals surface area contributed by atoms with Crippen molar-refractivity contribution in [2.45, 2.75) is 26.8 Å². The van der Waals surface area contributed by atoms with Gasteiger partial charge in [0.15, 0.2) is 5.96 Å². The quantitative estimate of drug-likeness (QED) is 0.819. The number of hydrogen-bond donors (Lipinski definition) is 2. The van der Waals surface area contributed by atoms with Crippen molar-refractivity contribution in [3.05, 3.63) is 35.9 Å². The Balaban J connectivity index is 1.96. The van der Waals surface area contributed by atoms with Crippen LogP contribution in [0.2, 0.25) is 0 Å². The lowest BCUT2D eigenvalue weighted by Gasteiger charge is -2.30. The molecule has 1 aliphatic heterocycles. The van der Waals surface area contributed by atoms with E-state index in [-0.39, 0.29) is 11.5 Å². The summed E-state index contributed by atoms with van der Waals surface area (Å²) in [4.78, 5) is 4.54. The Kier molecular flexibility index (Phi) is 3.36. The normalized spacial score (nSPS) is 20.1. The van der Waals surface area contributed by atoms with Gasteiger partial charge in [-0.3, -0.25) is 4.99 Å². The van der Waals surface area contributed by atoms with Crippen molar-refractivity contribution >= 4 is 5.96 Å².